The van der Waals surface area contributed by atoms with E-state index in [2.05, 4.69) is 35.0 Å². The van der Waals surface area contributed by atoms with E-state index in [1.165, 1.54) is 5.56 Å². The Morgan fingerprint density at radius 2 is 1.68 bits per heavy atom. The first-order chi connectivity index (χ1) is 9.78. The van der Waals surface area contributed by atoms with Gasteiger partial charge in [-0.3, -0.25) is 4.90 Å². The van der Waals surface area contributed by atoms with Crippen LogP contribution in [0.1, 0.15) is 11.6 Å². The molecule has 0 amide bonds. The third-order valence-electron chi connectivity index (χ3n) is 3.96. The third-order valence-corrected chi connectivity index (χ3v) is 3.96. The number of hydrogen-bond donors (Lipinski definition) is 2. The zero-order chi connectivity index (χ0) is 13.9. The molecule has 1 aliphatic rings. The molecule has 120 valence electrons. The molecule has 0 radical (unpaired) electrons. The quantitative estimate of drug-likeness (QED) is 0.839. The average molecular weight is 341 g/mol. The van der Waals surface area contributed by atoms with Crippen LogP contribution in [0.15, 0.2) is 49.1 Å². The maximum atomic E-state index is 9.53. The summed E-state index contributed by atoms with van der Waals surface area (Å²) in [6.07, 6.45) is 2.02. The molecule has 3 rings (SSSR count). The highest BCUT2D eigenvalue weighted by atomic mass is 35.5. The number of rotatable bonds is 3. The average Bonchev–Trinajstić information content (AvgIpc) is 2.49. The second-order valence-electron chi connectivity index (χ2n) is 5.26. The normalized spacial score (nSPS) is 16.4. The number of fused-ring (bicyclic) bond motifs is 1. The lowest BCUT2D eigenvalue weighted by molar-refractivity contribution is 0.203. The summed E-state index contributed by atoms with van der Waals surface area (Å²) in [6.45, 7) is 8.16. The van der Waals surface area contributed by atoms with Gasteiger partial charge in [0.25, 0.3) is 0 Å². The second-order valence-corrected chi connectivity index (χ2v) is 5.26. The smallest absolute Gasteiger partial charge is 0.116 e. The highest BCUT2D eigenvalue weighted by Gasteiger charge is 2.19. The summed E-state index contributed by atoms with van der Waals surface area (Å²) in [4.78, 5) is 2.45. The van der Waals surface area contributed by atoms with Crippen LogP contribution in [0.4, 0.5) is 0 Å². The Hall–Kier alpha value is -1.26. The molecule has 0 spiro atoms. The van der Waals surface area contributed by atoms with Gasteiger partial charge >= 0.3 is 0 Å². The van der Waals surface area contributed by atoms with Crippen molar-refractivity contribution in [1.82, 2.24) is 10.2 Å². The standard InChI is InChI=1S/C17H20N2O.2ClH/c1-2-17(19-9-7-18-8-10-19)15-4-3-14-12-16(20)6-5-13(14)11-15;;/h2-6,11-12,17-18,20H,1,7-10H2;2*1H/t17-;;/m1../s1. The lowest BCUT2D eigenvalue weighted by Gasteiger charge is -2.33. The van der Waals surface area contributed by atoms with Crippen LogP contribution >= 0.6 is 24.8 Å². The molecule has 2 aromatic rings. The van der Waals surface area contributed by atoms with Crippen LogP contribution in [0, 0.1) is 0 Å². The van der Waals surface area contributed by atoms with Crippen molar-refractivity contribution in [2.45, 2.75) is 6.04 Å². The fourth-order valence-corrected chi connectivity index (χ4v) is 2.89. The molecular weight excluding hydrogens is 319 g/mol. The van der Waals surface area contributed by atoms with Crippen LogP contribution in [0.3, 0.4) is 0 Å². The van der Waals surface area contributed by atoms with Crippen molar-refractivity contribution in [3.63, 3.8) is 0 Å². The van der Waals surface area contributed by atoms with Crippen molar-refractivity contribution < 1.29 is 5.11 Å². The molecule has 0 saturated carbocycles. The predicted octanol–water partition coefficient (Wildman–Crippen LogP) is 3.52. The number of aromatic hydroxyl groups is 1. The number of halogens is 2. The molecule has 2 aromatic carbocycles. The lowest BCUT2D eigenvalue weighted by atomic mass is 10.00. The van der Waals surface area contributed by atoms with Crippen LogP contribution in [0.2, 0.25) is 0 Å². The first-order valence-corrected chi connectivity index (χ1v) is 7.08. The van der Waals surface area contributed by atoms with Crippen LogP contribution < -0.4 is 5.32 Å². The number of piperazine rings is 1. The summed E-state index contributed by atoms with van der Waals surface area (Å²) >= 11 is 0. The summed E-state index contributed by atoms with van der Waals surface area (Å²) < 4.78 is 0. The molecule has 0 aliphatic carbocycles. The van der Waals surface area contributed by atoms with E-state index in [0.29, 0.717) is 5.75 Å². The van der Waals surface area contributed by atoms with Crippen molar-refractivity contribution in [2.75, 3.05) is 26.2 Å². The Labute approximate surface area is 143 Å². The van der Waals surface area contributed by atoms with E-state index in [9.17, 15) is 5.11 Å². The van der Waals surface area contributed by atoms with E-state index in [1.807, 2.05) is 12.1 Å². The van der Waals surface area contributed by atoms with Gasteiger partial charge in [0.05, 0.1) is 6.04 Å². The molecule has 1 saturated heterocycles. The molecule has 0 aromatic heterocycles. The summed E-state index contributed by atoms with van der Waals surface area (Å²) in [5.74, 6) is 0.313. The van der Waals surface area contributed by atoms with Gasteiger partial charge in [-0.2, -0.15) is 0 Å². The molecule has 1 fully saturated rings. The fourth-order valence-electron chi connectivity index (χ4n) is 2.89. The van der Waals surface area contributed by atoms with Gasteiger partial charge in [-0.15, -0.1) is 31.4 Å². The van der Waals surface area contributed by atoms with Gasteiger partial charge in [-0.05, 0) is 34.5 Å². The fraction of sp³-hybridized carbons (Fsp3) is 0.294. The topological polar surface area (TPSA) is 35.5 Å². The lowest BCUT2D eigenvalue weighted by Crippen LogP contribution is -2.44. The number of nitrogens with one attached hydrogen (secondary N) is 1. The van der Waals surface area contributed by atoms with E-state index in [4.69, 9.17) is 0 Å². The van der Waals surface area contributed by atoms with Gasteiger partial charge in [0.1, 0.15) is 5.75 Å². The largest absolute Gasteiger partial charge is 0.508 e. The van der Waals surface area contributed by atoms with Crippen LogP contribution in [-0.2, 0) is 0 Å². The van der Waals surface area contributed by atoms with E-state index in [1.54, 1.807) is 12.1 Å². The van der Waals surface area contributed by atoms with Crippen LogP contribution in [0.25, 0.3) is 10.8 Å². The monoisotopic (exact) mass is 340 g/mol. The van der Waals surface area contributed by atoms with Crippen molar-refractivity contribution in [2.24, 2.45) is 0 Å². The molecule has 2 N–H and O–H groups in total. The Balaban J connectivity index is 0.00000121. The second kappa shape index (κ2) is 8.39. The maximum Gasteiger partial charge on any atom is 0.116 e. The van der Waals surface area contributed by atoms with Crippen molar-refractivity contribution in [3.05, 3.63) is 54.6 Å². The third kappa shape index (κ3) is 3.93. The molecular formula is C17H22Cl2N2O. The predicted molar refractivity (Wildman–Crippen MR) is 97.5 cm³/mol. The molecule has 3 nitrogen and oxygen atoms in total. The van der Waals surface area contributed by atoms with Gasteiger partial charge in [0.15, 0.2) is 0 Å². The van der Waals surface area contributed by atoms with E-state index in [0.717, 1.165) is 37.0 Å². The molecule has 1 aliphatic heterocycles. The highest BCUT2D eigenvalue weighted by Crippen LogP contribution is 2.27. The summed E-state index contributed by atoms with van der Waals surface area (Å²) in [5.41, 5.74) is 1.26. The molecule has 22 heavy (non-hydrogen) atoms. The molecule has 0 bridgehead atoms. The van der Waals surface area contributed by atoms with Gasteiger partial charge < -0.3 is 10.4 Å². The molecule has 5 heteroatoms. The Bertz CT molecular complexity index is 627. The van der Waals surface area contributed by atoms with E-state index in [-0.39, 0.29) is 30.9 Å². The zero-order valence-corrected chi connectivity index (χ0v) is 14.0. The number of nitrogens with zero attached hydrogens (tertiary/aromatic N) is 1. The molecule has 1 atom stereocenters. The number of phenolic OH excluding ortho intramolecular Hbond substituents is 1. The minimum Gasteiger partial charge on any atom is -0.508 e. The first kappa shape index (κ1) is 18.8. The molecule has 0 unspecified atom stereocenters. The Morgan fingerprint density at radius 1 is 1.05 bits per heavy atom. The molecule has 1 heterocycles. The van der Waals surface area contributed by atoms with E-state index >= 15 is 0 Å². The minimum atomic E-state index is 0. The van der Waals surface area contributed by atoms with Gasteiger partial charge in [0.2, 0.25) is 0 Å². The highest BCUT2D eigenvalue weighted by molar-refractivity contribution is 5.86. The van der Waals surface area contributed by atoms with Crippen molar-refractivity contribution in [1.29, 1.82) is 0 Å². The van der Waals surface area contributed by atoms with Crippen LogP contribution in [0.5, 0.6) is 5.75 Å². The first-order valence-electron chi connectivity index (χ1n) is 7.08. The van der Waals surface area contributed by atoms with Gasteiger partial charge in [-0.1, -0.05) is 24.3 Å². The van der Waals surface area contributed by atoms with E-state index < -0.39 is 0 Å². The minimum absolute atomic E-state index is 0. The SMILES string of the molecule is C=C[C@H](c1ccc2cc(O)ccc2c1)N1CCNCC1.Cl.Cl. The summed E-state index contributed by atoms with van der Waals surface area (Å²) in [7, 11) is 0. The zero-order valence-electron chi connectivity index (χ0n) is 12.4. The van der Waals surface area contributed by atoms with Crippen LogP contribution in [-0.4, -0.2) is 36.2 Å². The van der Waals surface area contributed by atoms with Gasteiger partial charge in [0, 0.05) is 26.2 Å². The summed E-state index contributed by atoms with van der Waals surface area (Å²) in [6, 6.07) is 12.2. The van der Waals surface area contributed by atoms with Gasteiger partial charge in [-0.25, -0.2) is 0 Å². The number of phenols is 1. The maximum absolute atomic E-state index is 9.53. The Kier molecular flexibility index (Phi) is 7.17. The van der Waals surface area contributed by atoms with Crippen molar-refractivity contribution >= 4 is 35.6 Å². The number of hydrogen-bond acceptors (Lipinski definition) is 3. The summed E-state index contributed by atoms with van der Waals surface area (Å²) in [5, 5.41) is 15.1. The number of benzene rings is 2. The Morgan fingerprint density at radius 3 is 2.36 bits per heavy atom. The van der Waals surface area contributed by atoms with Crippen molar-refractivity contribution in [3.8, 4) is 5.75 Å².